The Hall–Kier alpha value is -3.53. The molecular formula is C24H23N3O. The highest BCUT2D eigenvalue weighted by Crippen LogP contribution is 2.23. The number of carbonyl (C=O) groups is 1. The Kier molecular flexibility index (Phi) is 5.11. The highest BCUT2D eigenvalue weighted by molar-refractivity contribution is 5.94. The molecule has 1 amide bonds. The first-order valence-electron chi connectivity index (χ1n) is 9.52. The summed E-state index contributed by atoms with van der Waals surface area (Å²) in [6.07, 6.45) is 9.03. The number of carbonyl (C=O) groups excluding carboxylic acids is 1. The van der Waals surface area contributed by atoms with Gasteiger partial charge >= 0.3 is 0 Å². The summed E-state index contributed by atoms with van der Waals surface area (Å²) >= 11 is 0. The van der Waals surface area contributed by atoms with Crippen LogP contribution in [0.2, 0.25) is 0 Å². The van der Waals surface area contributed by atoms with Crippen LogP contribution in [-0.2, 0) is 13.0 Å². The van der Waals surface area contributed by atoms with E-state index in [0.29, 0.717) is 12.1 Å². The number of hydrogen-bond acceptors (Lipinski definition) is 1. The molecular weight excluding hydrogens is 346 g/mol. The Morgan fingerprint density at radius 2 is 1.32 bits per heavy atom. The third-order valence-electron chi connectivity index (χ3n) is 4.94. The number of aryl methyl sites for hydroxylation is 1. The molecule has 2 aromatic carbocycles. The van der Waals surface area contributed by atoms with Crippen molar-refractivity contribution in [1.82, 2.24) is 14.5 Å². The van der Waals surface area contributed by atoms with Crippen molar-refractivity contribution in [2.75, 3.05) is 0 Å². The fourth-order valence-electron chi connectivity index (χ4n) is 3.38. The number of amides is 1. The van der Waals surface area contributed by atoms with Gasteiger partial charge in [0.1, 0.15) is 0 Å². The molecule has 140 valence electrons. The Balaban J connectivity index is 1.64. The van der Waals surface area contributed by atoms with Gasteiger partial charge in [0.2, 0.25) is 0 Å². The zero-order valence-corrected chi connectivity index (χ0v) is 15.9. The van der Waals surface area contributed by atoms with Gasteiger partial charge in [-0.25, -0.2) is 0 Å². The van der Waals surface area contributed by atoms with E-state index in [9.17, 15) is 4.79 Å². The molecule has 2 aromatic heterocycles. The molecule has 0 bridgehead atoms. The zero-order valence-electron chi connectivity index (χ0n) is 15.9. The van der Waals surface area contributed by atoms with Crippen LogP contribution in [0.3, 0.4) is 0 Å². The topological polar surface area (TPSA) is 39.0 Å². The molecule has 0 fully saturated rings. The fraction of sp³-hybridized carbons (Fsp3) is 0.125. The van der Waals surface area contributed by atoms with E-state index in [4.69, 9.17) is 0 Å². The van der Waals surface area contributed by atoms with Crippen molar-refractivity contribution in [1.29, 1.82) is 0 Å². The molecule has 0 aliphatic rings. The van der Waals surface area contributed by atoms with Gasteiger partial charge in [0.05, 0.1) is 11.4 Å². The summed E-state index contributed by atoms with van der Waals surface area (Å²) in [6.45, 7) is 2.55. The van der Waals surface area contributed by atoms with E-state index in [1.54, 1.807) is 0 Å². The van der Waals surface area contributed by atoms with Crippen LogP contribution in [0.1, 0.15) is 28.4 Å². The Bertz CT molecular complexity index is 993. The average Bonchev–Trinajstić information content (AvgIpc) is 3.46. The second kappa shape index (κ2) is 8.01. The maximum absolute atomic E-state index is 12.7. The van der Waals surface area contributed by atoms with Gasteiger partial charge in [0, 0.05) is 42.5 Å². The maximum Gasteiger partial charge on any atom is 0.251 e. The minimum absolute atomic E-state index is 0.0663. The number of nitrogens with zero attached hydrogens (tertiary/aromatic N) is 2. The SMILES string of the molecule is CCc1ccc(C(=O)NCc2c(-n3cccc3)cccc2-n2cccc2)cc1. The molecule has 4 aromatic rings. The third kappa shape index (κ3) is 3.62. The number of aromatic nitrogens is 2. The summed E-state index contributed by atoms with van der Waals surface area (Å²) in [6, 6.07) is 22.0. The first-order chi connectivity index (χ1) is 13.8. The summed E-state index contributed by atoms with van der Waals surface area (Å²) in [5.74, 6) is -0.0663. The predicted octanol–water partition coefficient (Wildman–Crippen LogP) is 4.76. The number of benzene rings is 2. The van der Waals surface area contributed by atoms with Gasteiger partial charge < -0.3 is 14.5 Å². The Labute approximate surface area is 165 Å². The summed E-state index contributed by atoms with van der Waals surface area (Å²) in [5.41, 5.74) is 5.08. The van der Waals surface area contributed by atoms with Crippen molar-refractivity contribution in [3.05, 3.63) is 108 Å². The van der Waals surface area contributed by atoms with Crippen LogP contribution in [0, 0.1) is 0 Å². The van der Waals surface area contributed by atoms with E-state index in [0.717, 1.165) is 23.4 Å². The third-order valence-corrected chi connectivity index (χ3v) is 4.94. The van der Waals surface area contributed by atoms with Crippen molar-refractivity contribution in [2.24, 2.45) is 0 Å². The lowest BCUT2D eigenvalue weighted by molar-refractivity contribution is 0.0951. The van der Waals surface area contributed by atoms with Gasteiger partial charge in [0.25, 0.3) is 5.91 Å². The minimum Gasteiger partial charge on any atom is -0.348 e. The van der Waals surface area contributed by atoms with Crippen molar-refractivity contribution >= 4 is 5.91 Å². The molecule has 0 spiro atoms. The Morgan fingerprint density at radius 1 is 0.786 bits per heavy atom. The lowest BCUT2D eigenvalue weighted by Gasteiger charge is -2.17. The van der Waals surface area contributed by atoms with E-state index >= 15 is 0 Å². The van der Waals surface area contributed by atoms with Gasteiger partial charge in [-0.05, 0) is 60.5 Å². The van der Waals surface area contributed by atoms with E-state index in [1.165, 1.54) is 5.56 Å². The largest absolute Gasteiger partial charge is 0.348 e. The van der Waals surface area contributed by atoms with Crippen molar-refractivity contribution in [2.45, 2.75) is 19.9 Å². The van der Waals surface area contributed by atoms with E-state index in [2.05, 4.69) is 33.5 Å². The van der Waals surface area contributed by atoms with Crippen LogP contribution in [0.5, 0.6) is 0 Å². The number of hydrogen-bond donors (Lipinski definition) is 1. The molecule has 0 radical (unpaired) electrons. The normalized spacial score (nSPS) is 10.8. The van der Waals surface area contributed by atoms with Gasteiger partial charge in [0.15, 0.2) is 0 Å². The van der Waals surface area contributed by atoms with Crippen LogP contribution in [0.4, 0.5) is 0 Å². The zero-order chi connectivity index (χ0) is 19.3. The highest BCUT2D eigenvalue weighted by atomic mass is 16.1. The monoisotopic (exact) mass is 369 g/mol. The summed E-state index contributed by atoms with van der Waals surface area (Å²) in [7, 11) is 0. The second-order valence-corrected chi connectivity index (χ2v) is 6.69. The smallest absolute Gasteiger partial charge is 0.251 e. The number of nitrogens with one attached hydrogen (secondary N) is 1. The van der Waals surface area contributed by atoms with E-state index in [1.807, 2.05) is 79.4 Å². The minimum atomic E-state index is -0.0663. The second-order valence-electron chi connectivity index (χ2n) is 6.69. The van der Waals surface area contributed by atoms with Crippen molar-refractivity contribution in [3.8, 4) is 11.4 Å². The first kappa shape index (κ1) is 17.9. The summed E-state index contributed by atoms with van der Waals surface area (Å²) in [5, 5.41) is 3.09. The fourth-order valence-corrected chi connectivity index (χ4v) is 3.38. The van der Waals surface area contributed by atoms with Crippen LogP contribution in [0.15, 0.2) is 91.5 Å². The summed E-state index contributed by atoms with van der Waals surface area (Å²) < 4.78 is 4.15. The van der Waals surface area contributed by atoms with Crippen molar-refractivity contribution in [3.63, 3.8) is 0 Å². The molecule has 2 heterocycles. The highest BCUT2D eigenvalue weighted by Gasteiger charge is 2.13. The van der Waals surface area contributed by atoms with Crippen LogP contribution >= 0.6 is 0 Å². The van der Waals surface area contributed by atoms with Gasteiger partial charge in [-0.15, -0.1) is 0 Å². The van der Waals surface area contributed by atoms with Crippen LogP contribution in [-0.4, -0.2) is 15.0 Å². The molecule has 28 heavy (non-hydrogen) atoms. The molecule has 0 unspecified atom stereocenters. The average molecular weight is 369 g/mol. The number of rotatable bonds is 6. The molecule has 0 atom stereocenters. The predicted molar refractivity (Wildman–Crippen MR) is 112 cm³/mol. The quantitative estimate of drug-likeness (QED) is 0.523. The molecule has 4 heteroatoms. The van der Waals surface area contributed by atoms with Crippen molar-refractivity contribution < 1.29 is 4.79 Å². The lowest BCUT2D eigenvalue weighted by Crippen LogP contribution is -2.24. The van der Waals surface area contributed by atoms with Crippen LogP contribution < -0.4 is 5.32 Å². The van der Waals surface area contributed by atoms with Crippen LogP contribution in [0.25, 0.3) is 11.4 Å². The molecule has 0 aliphatic carbocycles. The van der Waals surface area contributed by atoms with Gasteiger partial charge in [-0.1, -0.05) is 25.1 Å². The summed E-state index contributed by atoms with van der Waals surface area (Å²) in [4.78, 5) is 12.7. The molecule has 0 aliphatic heterocycles. The van der Waals surface area contributed by atoms with E-state index < -0.39 is 0 Å². The maximum atomic E-state index is 12.7. The van der Waals surface area contributed by atoms with Gasteiger partial charge in [-0.2, -0.15) is 0 Å². The van der Waals surface area contributed by atoms with E-state index in [-0.39, 0.29) is 5.91 Å². The lowest BCUT2D eigenvalue weighted by atomic mass is 10.1. The molecule has 0 saturated carbocycles. The molecule has 4 rings (SSSR count). The molecule has 1 N–H and O–H groups in total. The standard InChI is InChI=1S/C24H23N3O/c1-2-19-10-12-20(13-11-19)24(28)25-18-21-22(26-14-3-4-15-26)8-7-9-23(21)27-16-5-6-17-27/h3-17H,2,18H2,1H3,(H,25,28). The molecule has 4 nitrogen and oxygen atoms in total. The molecule has 0 saturated heterocycles. The van der Waals surface area contributed by atoms with Gasteiger partial charge in [-0.3, -0.25) is 4.79 Å². The first-order valence-corrected chi connectivity index (χ1v) is 9.52. The Morgan fingerprint density at radius 3 is 1.82 bits per heavy atom.